The quantitative estimate of drug-likeness (QED) is 0.733. The molecule has 3 rings (SSSR count). The van der Waals surface area contributed by atoms with Crippen LogP contribution in [-0.2, 0) is 6.54 Å². The van der Waals surface area contributed by atoms with Crippen LogP contribution in [0, 0.1) is 0 Å². The number of benzene rings is 1. The van der Waals surface area contributed by atoms with Crippen molar-refractivity contribution >= 4 is 27.3 Å². The van der Waals surface area contributed by atoms with E-state index in [0.29, 0.717) is 6.54 Å². The molecule has 5 heteroatoms. The summed E-state index contributed by atoms with van der Waals surface area (Å²) in [5, 5.41) is 4.09. The van der Waals surface area contributed by atoms with E-state index >= 15 is 0 Å². The SMILES string of the molecule is O=C(NCCCn1ccnc1)c1cc2ccccc2s1. The molecule has 2 heterocycles. The highest BCUT2D eigenvalue weighted by Crippen LogP contribution is 2.24. The highest BCUT2D eigenvalue weighted by molar-refractivity contribution is 7.20. The van der Waals surface area contributed by atoms with Gasteiger partial charge in [0, 0.05) is 30.2 Å². The van der Waals surface area contributed by atoms with Crippen molar-refractivity contribution in [1.82, 2.24) is 14.9 Å². The third kappa shape index (κ3) is 2.88. The number of nitrogens with one attached hydrogen (secondary N) is 1. The van der Waals surface area contributed by atoms with Gasteiger partial charge in [-0.25, -0.2) is 4.98 Å². The predicted molar refractivity (Wildman–Crippen MR) is 81.0 cm³/mol. The summed E-state index contributed by atoms with van der Waals surface area (Å²) in [7, 11) is 0. The molecule has 1 N–H and O–H groups in total. The minimum Gasteiger partial charge on any atom is -0.351 e. The predicted octanol–water partition coefficient (Wildman–Crippen LogP) is 2.92. The van der Waals surface area contributed by atoms with E-state index in [1.54, 1.807) is 12.5 Å². The van der Waals surface area contributed by atoms with Crippen LogP contribution < -0.4 is 5.32 Å². The maximum Gasteiger partial charge on any atom is 0.261 e. The number of hydrogen-bond donors (Lipinski definition) is 1. The van der Waals surface area contributed by atoms with Crippen LogP contribution in [0.25, 0.3) is 10.1 Å². The maximum absolute atomic E-state index is 12.1. The van der Waals surface area contributed by atoms with E-state index in [1.165, 1.54) is 11.3 Å². The van der Waals surface area contributed by atoms with E-state index in [4.69, 9.17) is 0 Å². The molecule has 0 saturated carbocycles. The number of amides is 1. The summed E-state index contributed by atoms with van der Waals surface area (Å²) in [5.74, 6) is 0.0110. The van der Waals surface area contributed by atoms with Crippen molar-refractivity contribution in [2.75, 3.05) is 6.54 Å². The first-order valence-corrected chi connectivity index (χ1v) is 7.37. The molecule has 2 aromatic heterocycles. The number of nitrogens with zero attached hydrogens (tertiary/aromatic N) is 2. The molecule has 3 aromatic rings. The van der Waals surface area contributed by atoms with Crippen LogP contribution in [-0.4, -0.2) is 22.0 Å². The minimum absolute atomic E-state index is 0.0110. The zero-order valence-electron chi connectivity index (χ0n) is 11.0. The molecule has 0 unspecified atom stereocenters. The summed E-state index contributed by atoms with van der Waals surface area (Å²) >= 11 is 1.53. The first-order valence-electron chi connectivity index (χ1n) is 6.55. The summed E-state index contributed by atoms with van der Waals surface area (Å²) in [6.07, 6.45) is 6.37. The van der Waals surface area contributed by atoms with Crippen LogP contribution in [0.2, 0.25) is 0 Å². The third-order valence-electron chi connectivity index (χ3n) is 3.09. The number of aromatic nitrogens is 2. The van der Waals surface area contributed by atoms with Crippen molar-refractivity contribution in [3.8, 4) is 0 Å². The van der Waals surface area contributed by atoms with E-state index < -0.39 is 0 Å². The summed E-state index contributed by atoms with van der Waals surface area (Å²) in [6, 6.07) is 10.00. The van der Waals surface area contributed by atoms with Crippen LogP contribution in [0.3, 0.4) is 0 Å². The maximum atomic E-state index is 12.1. The number of rotatable bonds is 5. The molecule has 1 amide bonds. The number of thiophene rings is 1. The van der Waals surface area contributed by atoms with Gasteiger partial charge in [0.1, 0.15) is 0 Å². The molecule has 4 nitrogen and oxygen atoms in total. The van der Waals surface area contributed by atoms with E-state index in [9.17, 15) is 4.79 Å². The van der Waals surface area contributed by atoms with Crippen molar-refractivity contribution in [2.24, 2.45) is 0 Å². The van der Waals surface area contributed by atoms with Crippen LogP contribution in [0.15, 0.2) is 49.1 Å². The molecule has 0 bridgehead atoms. The van der Waals surface area contributed by atoms with Crippen molar-refractivity contribution in [3.05, 3.63) is 53.9 Å². The van der Waals surface area contributed by atoms with Gasteiger partial charge in [-0.05, 0) is 23.9 Å². The van der Waals surface area contributed by atoms with Crippen LogP contribution in [0.5, 0.6) is 0 Å². The average molecular weight is 285 g/mol. The highest BCUT2D eigenvalue weighted by atomic mass is 32.1. The van der Waals surface area contributed by atoms with Crippen LogP contribution in [0.1, 0.15) is 16.1 Å². The Balaban J connectivity index is 1.53. The molecular weight excluding hydrogens is 270 g/mol. The van der Waals surface area contributed by atoms with E-state index in [-0.39, 0.29) is 5.91 Å². The molecule has 0 aliphatic heterocycles. The van der Waals surface area contributed by atoms with E-state index in [1.807, 2.05) is 41.1 Å². The summed E-state index contributed by atoms with van der Waals surface area (Å²) < 4.78 is 3.15. The smallest absolute Gasteiger partial charge is 0.261 e. The van der Waals surface area contributed by atoms with Gasteiger partial charge in [-0.1, -0.05) is 18.2 Å². The van der Waals surface area contributed by atoms with Gasteiger partial charge in [0.25, 0.3) is 5.91 Å². The fourth-order valence-corrected chi connectivity index (χ4v) is 3.04. The minimum atomic E-state index is 0.0110. The van der Waals surface area contributed by atoms with Crippen molar-refractivity contribution < 1.29 is 4.79 Å². The van der Waals surface area contributed by atoms with Crippen molar-refractivity contribution in [2.45, 2.75) is 13.0 Å². The molecule has 0 atom stereocenters. The molecule has 0 fully saturated rings. The Morgan fingerprint density at radius 1 is 1.35 bits per heavy atom. The summed E-state index contributed by atoms with van der Waals surface area (Å²) in [5.41, 5.74) is 0. The molecule has 0 spiro atoms. The van der Waals surface area contributed by atoms with E-state index in [2.05, 4.69) is 10.3 Å². The Morgan fingerprint density at radius 2 is 2.25 bits per heavy atom. The molecule has 0 aliphatic carbocycles. The number of fused-ring (bicyclic) bond motifs is 1. The van der Waals surface area contributed by atoms with Gasteiger partial charge in [0.15, 0.2) is 0 Å². The van der Waals surface area contributed by atoms with Gasteiger partial charge in [-0.3, -0.25) is 4.79 Å². The van der Waals surface area contributed by atoms with Gasteiger partial charge in [0.05, 0.1) is 11.2 Å². The second kappa shape index (κ2) is 5.88. The largest absolute Gasteiger partial charge is 0.351 e. The molecular formula is C15H15N3OS. The number of carbonyl (C=O) groups excluding carboxylic acids is 1. The van der Waals surface area contributed by atoms with Gasteiger partial charge in [-0.15, -0.1) is 11.3 Å². The Kier molecular flexibility index (Phi) is 3.78. The number of imidazole rings is 1. The van der Waals surface area contributed by atoms with E-state index in [0.717, 1.165) is 27.9 Å². The normalized spacial score (nSPS) is 10.8. The van der Waals surface area contributed by atoms with Crippen molar-refractivity contribution in [1.29, 1.82) is 0 Å². The highest BCUT2D eigenvalue weighted by Gasteiger charge is 2.08. The Bertz CT molecular complexity index is 670. The molecule has 0 saturated heterocycles. The Labute approximate surface area is 121 Å². The van der Waals surface area contributed by atoms with Gasteiger partial charge in [-0.2, -0.15) is 0 Å². The lowest BCUT2D eigenvalue weighted by Gasteiger charge is -2.04. The van der Waals surface area contributed by atoms with Gasteiger partial charge < -0.3 is 9.88 Å². The fraction of sp³-hybridized carbons (Fsp3) is 0.200. The van der Waals surface area contributed by atoms with Gasteiger partial charge >= 0.3 is 0 Å². The second-order valence-electron chi connectivity index (χ2n) is 4.56. The molecule has 0 aliphatic rings. The Morgan fingerprint density at radius 3 is 3.05 bits per heavy atom. The molecule has 20 heavy (non-hydrogen) atoms. The number of aryl methyl sites for hydroxylation is 1. The van der Waals surface area contributed by atoms with Crippen LogP contribution >= 0.6 is 11.3 Å². The zero-order chi connectivity index (χ0) is 13.8. The summed E-state index contributed by atoms with van der Waals surface area (Å²) in [4.78, 5) is 16.8. The molecule has 0 radical (unpaired) electrons. The zero-order valence-corrected chi connectivity index (χ0v) is 11.8. The molecule has 102 valence electrons. The topological polar surface area (TPSA) is 46.9 Å². The second-order valence-corrected chi connectivity index (χ2v) is 5.64. The van der Waals surface area contributed by atoms with Crippen molar-refractivity contribution in [3.63, 3.8) is 0 Å². The third-order valence-corrected chi connectivity index (χ3v) is 4.20. The number of carbonyl (C=O) groups is 1. The first kappa shape index (κ1) is 12.9. The lowest BCUT2D eigenvalue weighted by atomic mass is 10.2. The Hall–Kier alpha value is -2.14. The standard InChI is InChI=1S/C15H15N3OS/c19-15(17-6-3-8-18-9-7-16-11-18)14-10-12-4-1-2-5-13(12)20-14/h1-2,4-5,7,9-11H,3,6,8H2,(H,17,19). The van der Waals surface area contributed by atoms with Gasteiger partial charge in [0.2, 0.25) is 0 Å². The lowest BCUT2D eigenvalue weighted by Crippen LogP contribution is -2.24. The molecule has 1 aromatic carbocycles. The monoisotopic (exact) mass is 285 g/mol. The summed E-state index contributed by atoms with van der Waals surface area (Å²) in [6.45, 7) is 1.54. The number of hydrogen-bond acceptors (Lipinski definition) is 3. The average Bonchev–Trinajstić information content (AvgIpc) is 3.12. The fourth-order valence-electron chi connectivity index (χ4n) is 2.06. The lowest BCUT2D eigenvalue weighted by molar-refractivity contribution is 0.0957. The first-order chi connectivity index (χ1) is 9.83. The van der Waals surface area contributed by atoms with Crippen LogP contribution in [0.4, 0.5) is 0 Å².